The summed E-state index contributed by atoms with van der Waals surface area (Å²) in [5.41, 5.74) is -1.74. The van der Waals surface area contributed by atoms with Crippen LogP contribution in [0.15, 0.2) is 24.3 Å². The van der Waals surface area contributed by atoms with E-state index in [-0.39, 0.29) is 36.1 Å². The summed E-state index contributed by atoms with van der Waals surface area (Å²) in [5.74, 6) is -5.60. The molecule has 1 N–H and O–H groups in total. The molecule has 0 radical (unpaired) electrons. The summed E-state index contributed by atoms with van der Waals surface area (Å²) >= 11 is 0. The minimum Gasteiger partial charge on any atom is -0.472 e. The van der Waals surface area contributed by atoms with E-state index < -0.39 is 70.8 Å². The maximum atomic E-state index is 15.9. The average molecular weight is 604 g/mol. The molecule has 1 saturated carbocycles. The molecule has 234 valence electrons. The molecule has 2 aliphatic heterocycles. The highest BCUT2D eigenvalue weighted by molar-refractivity contribution is 5.92. The topological polar surface area (TPSA) is 97.8 Å². The van der Waals surface area contributed by atoms with Crippen LogP contribution in [0.3, 0.4) is 0 Å². The van der Waals surface area contributed by atoms with E-state index in [2.05, 4.69) is 10.3 Å². The van der Waals surface area contributed by atoms with Crippen LogP contribution in [0.4, 0.5) is 18.0 Å². The lowest BCUT2D eigenvalue weighted by Gasteiger charge is -2.35. The number of rotatable bonds is 1. The summed E-state index contributed by atoms with van der Waals surface area (Å²) in [5, 5.41) is 3.10. The van der Waals surface area contributed by atoms with Gasteiger partial charge in [-0.2, -0.15) is 0 Å². The van der Waals surface area contributed by atoms with Crippen LogP contribution in [0.2, 0.25) is 0 Å². The van der Waals surface area contributed by atoms with Gasteiger partial charge in [0.15, 0.2) is 5.78 Å². The lowest BCUT2D eigenvalue weighted by Crippen LogP contribution is -2.57. The molecule has 1 saturated heterocycles. The molecule has 6 atom stereocenters. The number of amides is 2. The first-order valence-electron chi connectivity index (χ1n) is 15.0. The van der Waals surface area contributed by atoms with Crippen LogP contribution in [0.5, 0.6) is 5.88 Å². The van der Waals surface area contributed by atoms with Crippen molar-refractivity contribution in [2.45, 2.75) is 103 Å². The fourth-order valence-corrected chi connectivity index (χ4v) is 6.55. The fraction of sp³-hybridized carbons (Fsp3) is 0.625. The van der Waals surface area contributed by atoms with Crippen molar-refractivity contribution in [1.29, 1.82) is 0 Å². The molecule has 5 rings (SSSR count). The molecular weight excluding hydrogens is 563 g/mol. The maximum absolute atomic E-state index is 15.9. The quantitative estimate of drug-likeness (QED) is 0.421. The number of ether oxygens (including phenoxy) is 2. The van der Waals surface area contributed by atoms with Gasteiger partial charge in [-0.25, -0.2) is 22.9 Å². The number of Topliss-reactive ketones (excluding diaryl/α,β-unsaturated/α-hetero) is 1. The molecule has 2 bridgehead atoms. The van der Waals surface area contributed by atoms with E-state index >= 15 is 8.78 Å². The van der Waals surface area contributed by atoms with Gasteiger partial charge in [-0.15, -0.1) is 0 Å². The van der Waals surface area contributed by atoms with Gasteiger partial charge in [-0.3, -0.25) is 9.59 Å². The molecule has 0 spiro atoms. The minimum absolute atomic E-state index is 0.0213. The molecule has 0 unspecified atom stereocenters. The molecule has 43 heavy (non-hydrogen) atoms. The van der Waals surface area contributed by atoms with Crippen LogP contribution in [0.1, 0.15) is 79.2 Å². The number of halogens is 3. The van der Waals surface area contributed by atoms with Crippen LogP contribution in [0, 0.1) is 23.1 Å². The van der Waals surface area contributed by atoms with Gasteiger partial charge in [-0.05, 0) is 56.7 Å². The van der Waals surface area contributed by atoms with Crippen molar-refractivity contribution in [2.75, 3.05) is 6.54 Å². The molecular formula is C32H40F3N3O5. The van der Waals surface area contributed by atoms with Crippen LogP contribution < -0.4 is 10.1 Å². The Labute approximate surface area is 249 Å². The molecule has 1 aromatic carbocycles. The SMILES string of the molecule is CC(=O)[C@@H]1[C@H](C)[C@@H]2CN1C(=O)[C@H](C(C)(C)C)NC(=O)O[C@]1(C)C[C@H]1CCCCC(F)(F)c1cc3ccc(F)cc3nc1O2. The predicted molar refractivity (Wildman–Crippen MR) is 153 cm³/mol. The van der Waals surface area contributed by atoms with E-state index in [1.54, 1.807) is 27.7 Å². The first-order valence-corrected chi connectivity index (χ1v) is 15.0. The molecule has 2 fully saturated rings. The minimum atomic E-state index is -3.31. The number of hydrogen-bond donors (Lipinski definition) is 1. The fourth-order valence-electron chi connectivity index (χ4n) is 6.55. The molecule has 2 amide bonds. The van der Waals surface area contributed by atoms with Crippen molar-refractivity contribution in [3.05, 3.63) is 35.6 Å². The highest BCUT2D eigenvalue weighted by Crippen LogP contribution is 2.50. The Balaban J connectivity index is 1.58. The van der Waals surface area contributed by atoms with E-state index in [0.717, 1.165) is 6.07 Å². The number of alkyl carbamates (subject to hydrolysis) is 1. The van der Waals surface area contributed by atoms with Crippen molar-refractivity contribution in [2.24, 2.45) is 17.3 Å². The number of pyridine rings is 1. The summed E-state index contributed by atoms with van der Waals surface area (Å²) < 4.78 is 57.7. The Hall–Kier alpha value is -3.37. The predicted octanol–water partition coefficient (Wildman–Crippen LogP) is 6.14. The number of nitrogens with one attached hydrogen (secondary N) is 1. The Kier molecular flexibility index (Phi) is 7.92. The Morgan fingerprint density at radius 1 is 1.16 bits per heavy atom. The lowest BCUT2D eigenvalue weighted by atomic mass is 9.85. The van der Waals surface area contributed by atoms with Crippen LogP contribution in [-0.4, -0.2) is 58.0 Å². The highest BCUT2D eigenvalue weighted by atomic mass is 19.3. The Morgan fingerprint density at radius 2 is 1.88 bits per heavy atom. The molecule has 2 aromatic rings. The first kappa shape index (κ1) is 31.1. The smallest absolute Gasteiger partial charge is 0.408 e. The second-order valence-corrected chi connectivity index (χ2v) is 13.7. The van der Waals surface area contributed by atoms with Gasteiger partial charge < -0.3 is 19.7 Å². The van der Waals surface area contributed by atoms with E-state index in [9.17, 15) is 18.8 Å². The Morgan fingerprint density at radius 3 is 2.56 bits per heavy atom. The highest BCUT2D eigenvalue weighted by Gasteiger charge is 2.54. The van der Waals surface area contributed by atoms with Gasteiger partial charge in [0.2, 0.25) is 11.8 Å². The van der Waals surface area contributed by atoms with Gasteiger partial charge >= 0.3 is 6.09 Å². The summed E-state index contributed by atoms with van der Waals surface area (Å²) in [4.78, 5) is 45.7. The molecule has 3 heterocycles. The normalized spacial score (nSPS) is 31.6. The number of carbonyl (C=O) groups excluding carboxylic acids is 3. The number of benzene rings is 1. The number of ketones is 1. The average Bonchev–Trinajstić information content (AvgIpc) is 3.41. The monoisotopic (exact) mass is 603 g/mol. The third kappa shape index (κ3) is 6.17. The third-order valence-corrected chi connectivity index (χ3v) is 9.25. The largest absolute Gasteiger partial charge is 0.472 e. The van der Waals surface area contributed by atoms with Gasteiger partial charge in [0.25, 0.3) is 5.92 Å². The number of fused-ring (bicyclic) bond motifs is 5. The third-order valence-electron chi connectivity index (χ3n) is 9.25. The number of carbonyl (C=O) groups is 3. The van der Waals surface area contributed by atoms with Gasteiger partial charge in [-0.1, -0.05) is 34.1 Å². The van der Waals surface area contributed by atoms with Crippen molar-refractivity contribution in [3.8, 4) is 5.88 Å². The van der Waals surface area contributed by atoms with E-state index in [1.165, 1.54) is 30.0 Å². The first-order chi connectivity index (χ1) is 20.0. The van der Waals surface area contributed by atoms with Crippen molar-refractivity contribution in [1.82, 2.24) is 15.2 Å². The molecule has 11 heteroatoms. The van der Waals surface area contributed by atoms with Gasteiger partial charge in [0, 0.05) is 29.7 Å². The molecule has 1 aromatic heterocycles. The van der Waals surface area contributed by atoms with Gasteiger partial charge in [0.05, 0.1) is 23.7 Å². The number of aromatic nitrogens is 1. The molecule has 1 aliphatic carbocycles. The van der Waals surface area contributed by atoms with Crippen molar-refractivity contribution < 1.29 is 37.0 Å². The zero-order chi connectivity index (χ0) is 31.5. The standard InChI is InChI=1S/C32H40F3N3O5/c1-17-24-16-38(25(17)18(2)39)28(40)26(30(3,4)5)37-29(41)43-31(6)15-20(31)9-7-8-12-32(34,35)22-13-19-10-11-21(33)14-23(19)36-27(22)42-24/h10-11,13-14,17,20,24-26H,7-9,12,15-16H2,1-6H3,(H,37,41)/t17-,20-,24+,25+,26-,31-/m1/s1. The second-order valence-electron chi connectivity index (χ2n) is 13.7. The zero-order valence-electron chi connectivity index (χ0n) is 25.5. The molecule has 8 nitrogen and oxygen atoms in total. The van der Waals surface area contributed by atoms with Crippen LogP contribution in [-0.2, 0) is 20.2 Å². The van der Waals surface area contributed by atoms with Crippen molar-refractivity contribution >= 4 is 28.7 Å². The zero-order valence-corrected chi connectivity index (χ0v) is 25.5. The number of nitrogens with zero attached hydrogens (tertiary/aromatic N) is 2. The van der Waals surface area contributed by atoms with E-state index in [1.807, 2.05) is 6.92 Å². The number of hydrogen-bond acceptors (Lipinski definition) is 6. The number of alkyl halides is 2. The lowest BCUT2D eigenvalue weighted by molar-refractivity contribution is -0.141. The summed E-state index contributed by atoms with van der Waals surface area (Å²) in [7, 11) is 0. The van der Waals surface area contributed by atoms with Crippen LogP contribution in [0.25, 0.3) is 10.9 Å². The van der Waals surface area contributed by atoms with Gasteiger partial charge in [0.1, 0.15) is 23.6 Å². The summed E-state index contributed by atoms with van der Waals surface area (Å²) in [6, 6.07) is 3.08. The molecule has 3 aliphatic rings. The van der Waals surface area contributed by atoms with E-state index in [0.29, 0.717) is 24.6 Å². The van der Waals surface area contributed by atoms with Crippen LogP contribution >= 0.6 is 0 Å². The maximum Gasteiger partial charge on any atom is 0.408 e. The van der Waals surface area contributed by atoms with E-state index in [4.69, 9.17) is 9.47 Å². The summed E-state index contributed by atoms with van der Waals surface area (Å²) in [6.07, 6.45) is -0.142. The van der Waals surface area contributed by atoms with Crippen molar-refractivity contribution in [3.63, 3.8) is 0 Å². The summed E-state index contributed by atoms with van der Waals surface area (Å²) in [6.45, 7) is 10.2. The Bertz CT molecular complexity index is 1440. The second kappa shape index (κ2) is 11.0.